The van der Waals surface area contributed by atoms with Crippen LogP contribution in [0.15, 0.2) is 0 Å². The van der Waals surface area contributed by atoms with Gasteiger partial charge in [0.05, 0.1) is 39.8 Å². The summed E-state index contributed by atoms with van der Waals surface area (Å²) in [6, 6.07) is -0.606. The lowest BCUT2D eigenvalue weighted by Crippen LogP contribution is -2.41. The second-order valence-corrected chi connectivity index (χ2v) is 10.4. The fourth-order valence-corrected chi connectivity index (χ4v) is 4.19. The molecule has 0 radical (unpaired) electrons. The molecule has 0 saturated heterocycles. The van der Waals surface area contributed by atoms with Gasteiger partial charge < -0.3 is 19.6 Å². The zero-order chi connectivity index (χ0) is 26.7. The third-order valence-electron chi connectivity index (χ3n) is 6.64. The van der Waals surface area contributed by atoms with Crippen molar-refractivity contribution in [3.63, 3.8) is 0 Å². The number of Topliss-reactive ketones (excluding diaryl/α,β-unsaturated/α-hetero) is 2. The number of carbonyl (C=O) groups excluding carboxylic acids is 3. The summed E-state index contributed by atoms with van der Waals surface area (Å²) in [5, 5.41) is 11.6. The number of likely N-dealkylation sites (N-methyl/N-ethyl adjacent to an activating group) is 1. The number of ketones is 2. The van der Waals surface area contributed by atoms with Gasteiger partial charge in [0.2, 0.25) is 0 Å². The Morgan fingerprint density at radius 1 is 0.886 bits per heavy atom. The molecule has 0 aromatic heterocycles. The summed E-state index contributed by atoms with van der Waals surface area (Å²) in [6.45, 7) is 6.43. The number of carbonyl (C=O) groups is 4. The molecule has 0 fully saturated rings. The van der Waals surface area contributed by atoms with E-state index in [1.54, 1.807) is 7.05 Å². The first-order chi connectivity index (χ1) is 16.5. The molecule has 2 N–H and O–H groups in total. The molecule has 204 valence electrons. The second-order valence-electron chi connectivity index (χ2n) is 10.4. The molecule has 8 heteroatoms. The van der Waals surface area contributed by atoms with Gasteiger partial charge in [0.1, 0.15) is 11.6 Å². The average molecular weight is 500 g/mol. The molecule has 0 heterocycles. The van der Waals surface area contributed by atoms with Gasteiger partial charge in [-0.1, -0.05) is 19.8 Å². The lowest BCUT2D eigenvalue weighted by atomic mass is 9.90. The minimum absolute atomic E-state index is 0.00119. The largest absolute Gasteiger partial charge is 0.481 e. The minimum Gasteiger partial charge on any atom is -0.481 e. The summed E-state index contributed by atoms with van der Waals surface area (Å²) in [4.78, 5) is 47.3. The van der Waals surface area contributed by atoms with Crippen molar-refractivity contribution in [1.29, 1.82) is 0 Å². The summed E-state index contributed by atoms with van der Waals surface area (Å²) >= 11 is 0. The highest BCUT2D eigenvalue weighted by Gasteiger charge is 2.25. The molecular weight excluding hydrogens is 448 g/mol. The summed E-state index contributed by atoms with van der Waals surface area (Å²) in [5.41, 5.74) is 0. The van der Waals surface area contributed by atoms with E-state index in [1.807, 2.05) is 0 Å². The number of quaternary nitrogens is 1. The van der Waals surface area contributed by atoms with Crippen LogP contribution in [0.5, 0.6) is 0 Å². The van der Waals surface area contributed by atoms with Crippen LogP contribution in [0.1, 0.15) is 97.3 Å². The number of ether oxygens (including phenoxy) is 1. The number of carboxylic acid groups (broad SMARTS) is 1. The number of esters is 1. The number of carboxylic acids is 1. The molecule has 0 aromatic rings. The first kappa shape index (κ1) is 33.2. The first-order valence-corrected chi connectivity index (χ1v) is 13.4. The Labute approximate surface area is 212 Å². The molecule has 35 heavy (non-hydrogen) atoms. The zero-order valence-corrected chi connectivity index (χ0v) is 22.9. The Morgan fingerprint density at radius 2 is 1.49 bits per heavy atom. The number of hydrogen-bond donors (Lipinski definition) is 2. The van der Waals surface area contributed by atoms with E-state index in [0.717, 1.165) is 23.7 Å². The van der Waals surface area contributed by atoms with Crippen molar-refractivity contribution in [1.82, 2.24) is 5.32 Å². The van der Waals surface area contributed by atoms with E-state index in [4.69, 9.17) is 9.84 Å². The minimum atomic E-state index is -0.968. The van der Waals surface area contributed by atoms with Gasteiger partial charge in [0, 0.05) is 25.2 Å². The molecule has 0 aliphatic carbocycles. The van der Waals surface area contributed by atoms with E-state index in [1.165, 1.54) is 52.1 Å². The molecule has 2 atom stereocenters. The summed E-state index contributed by atoms with van der Waals surface area (Å²) in [7, 11) is 6.19. The highest BCUT2D eigenvalue weighted by atomic mass is 16.5. The molecule has 0 aliphatic rings. The molecule has 0 spiro atoms. The van der Waals surface area contributed by atoms with Gasteiger partial charge in [-0.3, -0.25) is 19.2 Å². The normalized spacial score (nSPS) is 13.3. The number of aliphatic carboxylic acids is 1. The number of rotatable bonds is 23. The molecule has 0 unspecified atom stereocenters. The van der Waals surface area contributed by atoms with Crippen molar-refractivity contribution in [2.45, 2.75) is 103 Å². The Balaban J connectivity index is 4.10. The molecule has 0 saturated carbocycles. The van der Waals surface area contributed by atoms with Crippen molar-refractivity contribution in [3.8, 4) is 0 Å². The van der Waals surface area contributed by atoms with Crippen LogP contribution in [0.3, 0.4) is 0 Å². The van der Waals surface area contributed by atoms with E-state index in [2.05, 4.69) is 26.3 Å². The van der Waals surface area contributed by atoms with Gasteiger partial charge in [-0.15, -0.1) is 0 Å². The van der Waals surface area contributed by atoms with Gasteiger partial charge in [0.25, 0.3) is 0 Å². The number of unbranched alkanes of at least 4 members (excludes halogenated alkanes) is 6. The van der Waals surface area contributed by atoms with Crippen LogP contribution in [0.25, 0.3) is 0 Å². The standard InChI is InChI=1S/C27H50N2O6/c1-6-7-8-11-18-29(4,5)19-12-9-10-13-20-35-27(34)17-14-23(22(2)30)21-25(31)24(28-3)15-16-26(32)33/h23-24,28H,6-21H2,1-5H3/p+1/t23-,24-/m0/s1. The average Bonchev–Trinajstić information content (AvgIpc) is 2.78. The van der Waals surface area contributed by atoms with Crippen LogP contribution < -0.4 is 5.32 Å². The summed E-state index contributed by atoms with van der Waals surface area (Å²) < 4.78 is 6.38. The van der Waals surface area contributed by atoms with Crippen LogP contribution in [-0.2, 0) is 23.9 Å². The molecule has 8 nitrogen and oxygen atoms in total. The predicted molar refractivity (Wildman–Crippen MR) is 138 cm³/mol. The molecule has 0 aliphatic heterocycles. The van der Waals surface area contributed by atoms with Crippen molar-refractivity contribution in [3.05, 3.63) is 0 Å². The van der Waals surface area contributed by atoms with Crippen LogP contribution >= 0.6 is 0 Å². The number of nitrogens with one attached hydrogen (secondary N) is 1. The van der Waals surface area contributed by atoms with E-state index < -0.39 is 17.9 Å². The Kier molecular flexibility index (Phi) is 18.4. The molecule has 0 aromatic carbocycles. The third-order valence-corrected chi connectivity index (χ3v) is 6.64. The third kappa shape index (κ3) is 18.2. The highest BCUT2D eigenvalue weighted by molar-refractivity contribution is 5.90. The van der Waals surface area contributed by atoms with Gasteiger partial charge in [-0.2, -0.15) is 0 Å². The van der Waals surface area contributed by atoms with Crippen LogP contribution in [0.2, 0.25) is 0 Å². The number of nitrogens with zero attached hydrogens (tertiary/aromatic N) is 1. The highest BCUT2D eigenvalue weighted by Crippen LogP contribution is 2.17. The van der Waals surface area contributed by atoms with Crippen molar-refractivity contribution >= 4 is 23.5 Å². The van der Waals surface area contributed by atoms with Crippen molar-refractivity contribution in [2.75, 3.05) is 40.8 Å². The number of hydrogen-bond acceptors (Lipinski definition) is 6. The van der Waals surface area contributed by atoms with Crippen LogP contribution in [0, 0.1) is 5.92 Å². The molecule has 0 rings (SSSR count). The van der Waals surface area contributed by atoms with E-state index in [9.17, 15) is 19.2 Å². The maximum absolute atomic E-state index is 12.5. The van der Waals surface area contributed by atoms with Crippen molar-refractivity contribution in [2.24, 2.45) is 5.92 Å². The fourth-order valence-electron chi connectivity index (χ4n) is 4.19. The van der Waals surface area contributed by atoms with Crippen LogP contribution in [-0.4, -0.2) is 80.0 Å². The summed E-state index contributed by atoms with van der Waals surface area (Å²) in [6.07, 6.45) is 9.75. The van der Waals surface area contributed by atoms with E-state index in [-0.39, 0.29) is 49.6 Å². The molecular formula is C27H51N2O6+. The van der Waals surface area contributed by atoms with Gasteiger partial charge in [-0.05, 0) is 65.3 Å². The second kappa shape index (κ2) is 19.4. The maximum atomic E-state index is 12.5. The fraction of sp³-hybridized carbons (Fsp3) is 0.852. The lowest BCUT2D eigenvalue weighted by molar-refractivity contribution is -0.890. The molecule has 0 bridgehead atoms. The Morgan fingerprint density at radius 3 is 2.03 bits per heavy atom. The van der Waals surface area contributed by atoms with Crippen LogP contribution in [0.4, 0.5) is 0 Å². The lowest BCUT2D eigenvalue weighted by Gasteiger charge is -2.30. The smallest absolute Gasteiger partial charge is 0.305 e. The monoisotopic (exact) mass is 499 g/mol. The summed E-state index contributed by atoms with van der Waals surface area (Å²) in [5.74, 6) is -2.22. The predicted octanol–water partition coefficient (Wildman–Crippen LogP) is 4.14. The maximum Gasteiger partial charge on any atom is 0.305 e. The SMILES string of the molecule is CCCCCC[N+](C)(C)CCCCCCOC(=O)CC[C@@H](CC(=O)[C@H](CCC(=O)O)NC)C(C)=O. The van der Waals surface area contributed by atoms with Crippen molar-refractivity contribution < 1.29 is 33.5 Å². The van der Waals surface area contributed by atoms with Gasteiger partial charge in [0.15, 0.2) is 0 Å². The quantitative estimate of drug-likeness (QED) is 0.123. The Hall–Kier alpha value is -1.80. The van der Waals surface area contributed by atoms with Gasteiger partial charge >= 0.3 is 11.9 Å². The van der Waals surface area contributed by atoms with E-state index in [0.29, 0.717) is 6.61 Å². The van der Waals surface area contributed by atoms with Gasteiger partial charge in [-0.25, -0.2) is 0 Å². The molecule has 0 amide bonds. The topological polar surface area (TPSA) is 110 Å². The van der Waals surface area contributed by atoms with E-state index >= 15 is 0 Å². The first-order valence-electron chi connectivity index (χ1n) is 13.4. The Bertz CT molecular complexity index is 635. The zero-order valence-electron chi connectivity index (χ0n) is 22.9.